The molecule has 3 N–H and O–H groups in total. The number of anilines is 2. The molecule has 0 spiro atoms. The average Bonchev–Trinajstić information content (AvgIpc) is 2.65. The lowest BCUT2D eigenvalue weighted by Gasteiger charge is -2.24. The van der Waals surface area contributed by atoms with E-state index in [1.165, 1.54) is 0 Å². The minimum Gasteiger partial charge on any atom is -0.352 e. The van der Waals surface area contributed by atoms with Crippen LogP contribution in [0, 0.1) is 5.92 Å². The third-order valence-electron chi connectivity index (χ3n) is 4.38. The zero-order valence-corrected chi connectivity index (χ0v) is 15.4. The standard InChI is InChI=1S/C21H23N3O3/c1-13(2)12-22-20(26)14-6-5-7-15(10-14)23-21(27)17-11-19(25)24-18-9-4-3-8-16(17)18/h3-10,13,17H,11-12H2,1-2H3,(H,22,26)(H,23,27)(H,24,25). The molecule has 0 bridgehead atoms. The second-order valence-electron chi connectivity index (χ2n) is 7.07. The number of para-hydroxylation sites is 1. The molecule has 0 aliphatic carbocycles. The number of benzene rings is 2. The fourth-order valence-corrected chi connectivity index (χ4v) is 3.01. The molecule has 0 saturated heterocycles. The summed E-state index contributed by atoms with van der Waals surface area (Å²) in [4.78, 5) is 36.9. The van der Waals surface area contributed by atoms with Gasteiger partial charge in [-0.1, -0.05) is 38.1 Å². The first-order valence-corrected chi connectivity index (χ1v) is 9.02. The predicted octanol–water partition coefficient (Wildman–Crippen LogP) is 3.14. The lowest BCUT2D eigenvalue weighted by Crippen LogP contribution is -2.31. The van der Waals surface area contributed by atoms with Gasteiger partial charge >= 0.3 is 0 Å². The van der Waals surface area contributed by atoms with Crippen LogP contribution in [0.15, 0.2) is 48.5 Å². The Hall–Kier alpha value is -3.15. The Morgan fingerprint density at radius 3 is 2.70 bits per heavy atom. The van der Waals surface area contributed by atoms with E-state index < -0.39 is 5.92 Å². The molecule has 0 fully saturated rings. The van der Waals surface area contributed by atoms with Crippen LogP contribution in [0.1, 0.15) is 42.1 Å². The Morgan fingerprint density at radius 2 is 1.93 bits per heavy atom. The van der Waals surface area contributed by atoms with Crippen molar-refractivity contribution in [2.45, 2.75) is 26.2 Å². The minimum atomic E-state index is -0.562. The van der Waals surface area contributed by atoms with E-state index in [-0.39, 0.29) is 24.1 Å². The topological polar surface area (TPSA) is 87.3 Å². The molecule has 1 heterocycles. The van der Waals surface area contributed by atoms with Gasteiger partial charge < -0.3 is 16.0 Å². The maximum Gasteiger partial charge on any atom is 0.251 e. The highest BCUT2D eigenvalue weighted by Gasteiger charge is 2.30. The minimum absolute atomic E-state index is 0.0947. The van der Waals surface area contributed by atoms with Crippen LogP contribution < -0.4 is 16.0 Å². The van der Waals surface area contributed by atoms with Crippen LogP contribution in [-0.4, -0.2) is 24.3 Å². The van der Waals surface area contributed by atoms with Gasteiger partial charge in [-0.15, -0.1) is 0 Å². The Balaban J connectivity index is 1.74. The van der Waals surface area contributed by atoms with Gasteiger partial charge in [-0.3, -0.25) is 14.4 Å². The quantitative estimate of drug-likeness (QED) is 0.761. The molecule has 1 aliphatic heterocycles. The molecule has 6 heteroatoms. The lowest BCUT2D eigenvalue weighted by atomic mass is 9.90. The molecule has 1 atom stereocenters. The fraction of sp³-hybridized carbons (Fsp3) is 0.286. The zero-order chi connectivity index (χ0) is 19.4. The van der Waals surface area contributed by atoms with E-state index in [1.807, 2.05) is 32.0 Å². The second-order valence-corrected chi connectivity index (χ2v) is 7.07. The van der Waals surface area contributed by atoms with Gasteiger partial charge in [0, 0.05) is 29.9 Å². The van der Waals surface area contributed by atoms with Crippen LogP contribution in [0.25, 0.3) is 0 Å². The molecule has 140 valence electrons. The van der Waals surface area contributed by atoms with Gasteiger partial charge in [0.25, 0.3) is 5.91 Å². The third kappa shape index (κ3) is 4.53. The number of carbonyl (C=O) groups is 3. The van der Waals surface area contributed by atoms with E-state index >= 15 is 0 Å². The number of hydrogen-bond donors (Lipinski definition) is 3. The summed E-state index contributed by atoms with van der Waals surface area (Å²) in [7, 11) is 0. The summed E-state index contributed by atoms with van der Waals surface area (Å²) in [5, 5.41) is 8.47. The summed E-state index contributed by atoms with van der Waals surface area (Å²) >= 11 is 0. The van der Waals surface area contributed by atoms with Crippen LogP contribution in [-0.2, 0) is 9.59 Å². The molecular weight excluding hydrogens is 342 g/mol. The lowest BCUT2D eigenvalue weighted by molar-refractivity contribution is -0.123. The summed E-state index contributed by atoms with van der Waals surface area (Å²) in [6.45, 7) is 4.63. The maximum absolute atomic E-state index is 12.8. The molecule has 27 heavy (non-hydrogen) atoms. The van der Waals surface area contributed by atoms with Crippen LogP contribution in [0.3, 0.4) is 0 Å². The fourth-order valence-electron chi connectivity index (χ4n) is 3.01. The van der Waals surface area contributed by atoms with Crippen LogP contribution >= 0.6 is 0 Å². The summed E-state index contributed by atoms with van der Waals surface area (Å²) in [6, 6.07) is 14.1. The zero-order valence-electron chi connectivity index (χ0n) is 15.4. The van der Waals surface area contributed by atoms with Gasteiger partial charge in [0.15, 0.2) is 0 Å². The maximum atomic E-state index is 12.8. The van der Waals surface area contributed by atoms with Gasteiger partial charge in [0.2, 0.25) is 11.8 Å². The van der Waals surface area contributed by atoms with Crippen molar-refractivity contribution in [3.05, 3.63) is 59.7 Å². The van der Waals surface area contributed by atoms with Gasteiger partial charge in [-0.2, -0.15) is 0 Å². The first-order valence-electron chi connectivity index (χ1n) is 9.02. The van der Waals surface area contributed by atoms with Crippen molar-refractivity contribution in [3.63, 3.8) is 0 Å². The largest absolute Gasteiger partial charge is 0.352 e. The second kappa shape index (κ2) is 8.03. The van der Waals surface area contributed by atoms with E-state index in [2.05, 4.69) is 16.0 Å². The number of rotatable bonds is 5. The number of hydrogen-bond acceptors (Lipinski definition) is 3. The summed E-state index contributed by atoms with van der Waals surface area (Å²) in [6.07, 6.45) is 0.0947. The Kier molecular flexibility index (Phi) is 5.54. The molecule has 0 radical (unpaired) electrons. The van der Waals surface area contributed by atoms with E-state index in [4.69, 9.17) is 0 Å². The Morgan fingerprint density at radius 1 is 1.15 bits per heavy atom. The molecule has 1 aliphatic rings. The van der Waals surface area contributed by atoms with Gasteiger partial charge in [-0.05, 0) is 35.7 Å². The van der Waals surface area contributed by atoms with E-state index in [1.54, 1.807) is 30.3 Å². The summed E-state index contributed by atoms with van der Waals surface area (Å²) in [5.41, 5.74) is 2.46. The van der Waals surface area contributed by atoms with Crippen molar-refractivity contribution >= 4 is 29.1 Å². The Labute approximate surface area is 158 Å². The average molecular weight is 365 g/mol. The Bertz CT molecular complexity index is 876. The first-order chi connectivity index (χ1) is 12.9. The van der Waals surface area contributed by atoms with Gasteiger partial charge in [0.05, 0.1) is 5.92 Å². The van der Waals surface area contributed by atoms with Crippen molar-refractivity contribution in [1.29, 1.82) is 0 Å². The highest BCUT2D eigenvalue weighted by Crippen LogP contribution is 2.32. The van der Waals surface area contributed by atoms with Crippen molar-refractivity contribution in [1.82, 2.24) is 5.32 Å². The van der Waals surface area contributed by atoms with E-state index in [0.29, 0.717) is 29.4 Å². The van der Waals surface area contributed by atoms with Gasteiger partial charge in [0.1, 0.15) is 0 Å². The first kappa shape index (κ1) is 18.6. The van der Waals surface area contributed by atoms with Crippen molar-refractivity contribution < 1.29 is 14.4 Å². The molecule has 2 aromatic rings. The molecule has 3 amide bonds. The predicted molar refractivity (Wildman–Crippen MR) is 105 cm³/mol. The van der Waals surface area contributed by atoms with Crippen molar-refractivity contribution in [2.75, 3.05) is 17.2 Å². The number of fused-ring (bicyclic) bond motifs is 1. The normalized spacial score (nSPS) is 15.7. The number of carbonyl (C=O) groups excluding carboxylic acids is 3. The number of nitrogens with one attached hydrogen (secondary N) is 3. The van der Waals surface area contributed by atoms with Crippen LogP contribution in [0.5, 0.6) is 0 Å². The van der Waals surface area contributed by atoms with Crippen molar-refractivity contribution in [3.8, 4) is 0 Å². The molecule has 6 nitrogen and oxygen atoms in total. The van der Waals surface area contributed by atoms with E-state index in [9.17, 15) is 14.4 Å². The van der Waals surface area contributed by atoms with Crippen LogP contribution in [0.2, 0.25) is 0 Å². The number of amides is 3. The molecule has 0 aromatic heterocycles. The van der Waals surface area contributed by atoms with Crippen molar-refractivity contribution in [2.24, 2.45) is 5.92 Å². The highest BCUT2D eigenvalue weighted by molar-refractivity contribution is 6.05. The SMILES string of the molecule is CC(C)CNC(=O)c1cccc(NC(=O)C2CC(=O)Nc3ccccc32)c1. The molecule has 3 rings (SSSR count). The molecule has 2 aromatic carbocycles. The third-order valence-corrected chi connectivity index (χ3v) is 4.38. The summed E-state index contributed by atoms with van der Waals surface area (Å²) < 4.78 is 0. The van der Waals surface area contributed by atoms with Gasteiger partial charge in [-0.25, -0.2) is 0 Å². The smallest absolute Gasteiger partial charge is 0.251 e. The van der Waals surface area contributed by atoms with E-state index in [0.717, 1.165) is 5.56 Å². The highest BCUT2D eigenvalue weighted by atomic mass is 16.2. The monoisotopic (exact) mass is 365 g/mol. The van der Waals surface area contributed by atoms with Crippen LogP contribution in [0.4, 0.5) is 11.4 Å². The molecule has 1 unspecified atom stereocenters. The molecular formula is C21H23N3O3. The summed E-state index contributed by atoms with van der Waals surface area (Å²) in [5.74, 6) is -0.836. The molecule has 0 saturated carbocycles.